The van der Waals surface area contributed by atoms with Crippen LogP contribution >= 0.6 is 0 Å². The summed E-state index contributed by atoms with van der Waals surface area (Å²) in [7, 11) is 0. The van der Waals surface area contributed by atoms with Crippen LogP contribution in [0.1, 0.15) is 401 Å². The molecule has 0 radical (unpaired) electrons. The van der Waals surface area contributed by atoms with Crippen LogP contribution in [0.5, 0.6) is 0 Å². The van der Waals surface area contributed by atoms with Crippen molar-refractivity contribution in [1.29, 1.82) is 0 Å². The van der Waals surface area contributed by atoms with Crippen LogP contribution < -0.4 is 0 Å². The Morgan fingerprint density at radius 2 is 0.380 bits per heavy atom. The molecule has 0 bridgehead atoms. The lowest BCUT2D eigenvalue weighted by atomic mass is 10.0. The first-order chi connectivity index (χ1) is 35.2. The van der Waals surface area contributed by atoms with E-state index in [1.165, 1.54) is 360 Å². The van der Waals surface area contributed by atoms with E-state index in [4.69, 9.17) is 0 Å². The van der Waals surface area contributed by atoms with Crippen LogP contribution in [-0.4, -0.2) is 47.9 Å². The van der Waals surface area contributed by atoms with E-state index in [2.05, 4.69) is 44.4 Å². The van der Waals surface area contributed by atoms with Crippen molar-refractivity contribution in [2.75, 3.05) is 26.2 Å². The van der Waals surface area contributed by atoms with Gasteiger partial charge in [-0.1, -0.05) is 369 Å². The van der Waals surface area contributed by atoms with Crippen molar-refractivity contribution in [3.05, 3.63) is 0 Å². The molecule has 0 saturated heterocycles. The van der Waals surface area contributed by atoms with Crippen molar-refractivity contribution >= 4 is 5.91 Å². The van der Waals surface area contributed by atoms with Crippen molar-refractivity contribution < 1.29 is 4.79 Å². The number of carbonyl (C=O) groups excluding carboxylic acids is 1. The van der Waals surface area contributed by atoms with Crippen molar-refractivity contribution in [3.8, 4) is 0 Å². The Morgan fingerprint density at radius 3 is 0.549 bits per heavy atom. The van der Waals surface area contributed by atoms with Gasteiger partial charge in [0.15, 0.2) is 0 Å². The first-order valence-electron chi connectivity index (χ1n) is 34.2. The number of rotatable bonds is 63. The van der Waals surface area contributed by atoms with Gasteiger partial charge in [0, 0.05) is 13.1 Å². The van der Waals surface area contributed by atoms with Gasteiger partial charge in [0.2, 0.25) is 5.91 Å². The number of hydrogen-bond donors (Lipinski definition) is 0. The van der Waals surface area contributed by atoms with Crippen LogP contribution in [0.2, 0.25) is 0 Å². The second kappa shape index (κ2) is 62.0. The van der Waals surface area contributed by atoms with Gasteiger partial charge in [0.1, 0.15) is 0 Å². The quantitative estimate of drug-likeness (QED) is 0.0567. The molecule has 3 heteroatoms. The fourth-order valence-electron chi connectivity index (χ4n) is 11.6. The SMILES string of the molecule is CCCCCCCCCCCCCCCCN(CCCCCCCCCCCCCCCC)C(=O)C(CC)N(CCCCCCCCCCCCCCCC)CCCCCCCCCCCCCCCC. The zero-order valence-electron chi connectivity index (χ0n) is 50.5. The zero-order chi connectivity index (χ0) is 51.4. The van der Waals surface area contributed by atoms with Gasteiger partial charge >= 0.3 is 0 Å². The Kier molecular flexibility index (Phi) is 61.5. The topological polar surface area (TPSA) is 23.6 Å². The summed E-state index contributed by atoms with van der Waals surface area (Å²) in [5.74, 6) is 0.479. The predicted molar refractivity (Wildman–Crippen MR) is 323 cm³/mol. The molecule has 0 aliphatic heterocycles. The minimum Gasteiger partial charge on any atom is -0.341 e. The van der Waals surface area contributed by atoms with Gasteiger partial charge in [0.25, 0.3) is 0 Å². The van der Waals surface area contributed by atoms with E-state index in [9.17, 15) is 4.79 Å². The van der Waals surface area contributed by atoms with Gasteiger partial charge in [-0.2, -0.15) is 0 Å². The molecule has 0 aromatic carbocycles. The molecule has 0 aliphatic carbocycles. The zero-order valence-corrected chi connectivity index (χ0v) is 50.5. The van der Waals surface area contributed by atoms with E-state index < -0.39 is 0 Å². The summed E-state index contributed by atoms with van der Waals surface area (Å²) in [5, 5.41) is 0. The van der Waals surface area contributed by atoms with Crippen molar-refractivity contribution in [2.45, 2.75) is 407 Å². The molecule has 0 fully saturated rings. The number of nitrogens with zero attached hydrogens (tertiary/aromatic N) is 2. The van der Waals surface area contributed by atoms with E-state index in [0.717, 1.165) is 32.6 Å². The highest BCUT2D eigenvalue weighted by molar-refractivity contribution is 5.81. The van der Waals surface area contributed by atoms with Crippen molar-refractivity contribution in [2.24, 2.45) is 0 Å². The molecule has 0 saturated carbocycles. The average Bonchev–Trinajstić information content (AvgIpc) is 3.38. The normalized spacial score (nSPS) is 12.2. The second-order valence-corrected chi connectivity index (χ2v) is 23.7. The molecule has 3 nitrogen and oxygen atoms in total. The summed E-state index contributed by atoms with van der Waals surface area (Å²) in [4.78, 5) is 19.9. The van der Waals surface area contributed by atoms with Gasteiger partial charge in [-0.25, -0.2) is 0 Å². The molecule has 1 amide bonds. The van der Waals surface area contributed by atoms with E-state index in [-0.39, 0.29) is 6.04 Å². The molecule has 426 valence electrons. The average molecular weight is 1000 g/mol. The van der Waals surface area contributed by atoms with Crippen LogP contribution in [-0.2, 0) is 4.79 Å². The minimum atomic E-state index is 0.0669. The van der Waals surface area contributed by atoms with E-state index in [0.29, 0.717) is 5.91 Å². The molecule has 0 aromatic rings. The van der Waals surface area contributed by atoms with Crippen LogP contribution in [0, 0.1) is 0 Å². The molecule has 1 unspecified atom stereocenters. The maximum Gasteiger partial charge on any atom is 0.239 e. The molecule has 0 spiro atoms. The lowest BCUT2D eigenvalue weighted by Gasteiger charge is -2.35. The van der Waals surface area contributed by atoms with Gasteiger partial charge in [0.05, 0.1) is 6.04 Å². The second-order valence-electron chi connectivity index (χ2n) is 23.7. The van der Waals surface area contributed by atoms with Gasteiger partial charge in [-0.15, -0.1) is 0 Å². The highest BCUT2D eigenvalue weighted by atomic mass is 16.2. The van der Waals surface area contributed by atoms with Crippen LogP contribution in [0.25, 0.3) is 0 Å². The fraction of sp³-hybridized carbons (Fsp3) is 0.985. The molecule has 0 aromatic heterocycles. The van der Waals surface area contributed by atoms with Crippen LogP contribution in [0.15, 0.2) is 0 Å². The third-order valence-corrected chi connectivity index (χ3v) is 16.6. The molecular formula is C68H138N2O. The smallest absolute Gasteiger partial charge is 0.239 e. The van der Waals surface area contributed by atoms with E-state index >= 15 is 0 Å². The molecular weight excluding hydrogens is 861 g/mol. The summed E-state index contributed by atoms with van der Waals surface area (Å²) >= 11 is 0. The first-order valence-corrected chi connectivity index (χ1v) is 34.2. The largest absolute Gasteiger partial charge is 0.341 e. The lowest BCUT2D eigenvalue weighted by Crippen LogP contribution is -2.49. The monoisotopic (exact) mass is 999 g/mol. The molecule has 0 aliphatic rings. The maximum atomic E-state index is 14.8. The standard InChI is InChI=1S/C68H138N2O/c1-6-11-15-19-23-27-31-35-39-43-47-51-55-59-63-69(64-60-56-52-48-44-40-36-32-28-24-20-16-12-7-2)67(10-5)68(71)70(65-61-57-53-49-45-41-37-33-29-25-21-17-13-8-3)66-62-58-54-50-46-42-38-34-30-26-22-18-14-9-4/h67H,6-66H2,1-5H3. The van der Waals surface area contributed by atoms with Crippen molar-refractivity contribution in [3.63, 3.8) is 0 Å². The molecule has 71 heavy (non-hydrogen) atoms. The fourth-order valence-corrected chi connectivity index (χ4v) is 11.6. The van der Waals surface area contributed by atoms with Crippen LogP contribution in [0.3, 0.4) is 0 Å². The Balaban J connectivity index is 5.18. The third kappa shape index (κ3) is 52.7. The Morgan fingerprint density at radius 1 is 0.225 bits per heavy atom. The van der Waals surface area contributed by atoms with Gasteiger partial charge in [-0.3, -0.25) is 9.69 Å². The summed E-state index contributed by atoms with van der Waals surface area (Å²) in [6, 6.07) is 0.0669. The molecule has 1 atom stereocenters. The Bertz CT molecular complexity index is 902. The summed E-state index contributed by atoms with van der Waals surface area (Å²) in [5.41, 5.74) is 0. The van der Waals surface area contributed by atoms with Crippen LogP contribution in [0.4, 0.5) is 0 Å². The molecule has 0 rings (SSSR count). The van der Waals surface area contributed by atoms with E-state index in [1.807, 2.05) is 0 Å². The van der Waals surface area contributed by atoms with Crippen molar-refractivity contribution in [1.82, 2.24) is 9.80 Å². The lowest BCUT2D eigenvalue weighted by molar-refractivity contribution is -0.137. The molecule has 0 heterocycles. The van der Waals surface area contributed by atoms with Gasteiger partial charge < -0.3 is 4.90 Å². The third-order valence-electron chi connectivity index (χ3n) is 16.6. The van der Waals surface area contributed by atoms with E-state index in [1.54, 1.807) is 0 Å². The number of carbonyl (C=O) groups is 1. The maximum absolute atomic E-state index is 14.8. The highest BCUT2D eigenvalue weighted by Crippen LogP contribution is 2.20. The Hall–Kier alpha value is -0.570. The number of unbranched alkanes of at least 4 members (excludes halogenated alkanes) is 52. The minimum absolute atomic E-state index is 0.0669. The predicted octanol–water partition coefficient (Wildman–Crippen LogP) is 23.8. The number of amides is 1. The summed E-state index contributed by atoms with van der Waals surface area (Å²) in [6.45, 7) is 15.8. The summed E-state index contributed by atoms with van der Waals surface area (Å²) < 4.78 is 0. The Labute approximate surface area is 451 Å². The summed E-state index contributed by atoms with van der Waals surface area (Å²) in [6.07, 6.45) is 79.2. The first kappa shape index (κ1) is 70.4. The number of hydrogen-bond acceptors (Lipinski definition) is 2. The molecule has 0 N–H and O–H groups in total. The van der Waals surface area contributed by atoms with Gasteiger partial charge in [-0.05, 0) is 45.2 Å². The highest BCUT2D eigenvalue weighted by Gasteiger charge is 2.28.